The molecular weight excluding hydrogens is 358 g/mol. The van der Waals surface area contributed by atoms with Crippen LogP contribution in [-0.4, -0.2) is 36.9 Å². The van der Waals surface area contributed by atoms with E-state index in [2.05, 4.69) is 28.6 Å². The first kappa shape index (κ1) is 20.1. The highest BCUT2D eigenvalue weighted by Crippen LogP contribution is 2.35. The van der Waals surface area contributed by atoms with E-state index in [0.717, 1.165) is 23.5 Å². The smallest absolute Gasteiger partial charge is 0.191 e. The van der Waals surface area contributed by atoms with Crippen molar-refractivity contribution in [3.8, 4) is 11.5 Å². The summed E-state index contributed by atoms with van der Waals surface area (Å²) in [7, 11) is 0. The minimum atomic E-state index is -0.743. The first-order valence-corrected chi connectivity index (χ1v) is 9.79. The molecule has 0 saturated heterocycles. The number of hydrogen-bond acceptors (Lipinski definition) is 5. The summed E-state index contributed by atoms with van der Waals surface area (Å²) in [5, 5.41) is 16.5. The molecule has 2 aromatic rings. The normalized spacial score (nSPS) is 17.0. The van der Waals surface area contributed by atoms with Gasteiger partial charge in [-0.1, -0.05) is 0 Å². The summed E-state index contributed by atoms with van der Waals surface area (Å²) in [6.45, 7) is 8.08. The molecule has 0 radical (unpaired) electrons. The van der Waals surface area contributed by atoms with Crippen LogP contribution in [0.2, 0.25) is 0 Å². The Kier molecular flexibility index (Phi) is 6.81. The Bertz CT molecular complexity index is 789. The molecule has 0 aliphatic carbocycles. The minimum absolute atomic E-state index is 0.185. The van der Waals surface area contributed by atoms with Gasteiger partial charge in [0.25, 0.3) is 0 Å². The summed E-state index contributed by atoms with van der Waals surface area (Å²) in [6, 6.07) is 7.59. The lowest BCUT2D eigenvalue weighted by atomic mass is 10.1. The Hall–Kier alpha value is -2.67. The van der Waals surface area contributed by atoms with Gasteiger partial charge in [-0.2, -0.15) is 0 Å². The number of furan rings is 1. The van der Waals surface area contributed by atoms with Gasteiger partial charge in [-0.25, -0.2) is 4.99 Å². The number of guanidine groups is 1. The van der Waals surface area contributed by atoms with Gasteiger partial charge < -0.3 is 29.6 Å². The largest absolute Gasteiger partial charge is 0.494 e. The van der Waals surface area contributed by atoms with Crippen LogP contribution in [0, 0.1) is 0 Å². The van der Waals surface area contributed by atoms with Gasteiger partial charge in [0.05, 0.1) is 26.0 Å². The lowest BCUT2D eigenvalue weighted by Crippen LogP contribution is -2.39. The second-order valence-electron chi connectivity index (χ2n) is 6.74. The van der Waals surface area contributed by atoms with Crippen LogP contribution >= 0.6 is 0 Å². The molecule has 152 valence electrons. The number of hydrogen-bond donors (Lipinski definition) is 3. The second-order valence-corrected chi connectivity index (χ2v) is 6.74. The van der Waals surface area contributed by atoms with Gasteiger partial charge in [0.1, 0.15) is 29.5 Å². The van der Waals surface area contributed by atoms with Crippen molar-refractivity contribution < 1.29 is 19.0 Å². The average molecular weight is 387 g/mol. The Labute approximate surface area is 165 Å². The first-order chi connectivity index (χ1) is 13.6. The maximum absolute atomic E-state index is 10.2. The molecule has 1 aromatic carbocycles. The molecule has 0 saturated carbocycles. The summed E-state index contributed by atoms with van der Waals surface area (Å²) in [5.41, 5.74) is 2.15. The number of nitrogens with one attached hydrogen (secondary N) is 2. The number of aliphatic hydroxyl groups is 1. The molecule has 1 aromatic heterocycles. The van der Waals surface area contributed by atoms with Crippen molar-refractivity contribution in [2.75, 3.05) is 19.7 Å². The molecule has 3 rings (SSSR count). The fourth-order valence-corrected chi connectivity index (χ4v) is 3.18. The number of nitrogens with zero attached hydrogens (tertiary/aromatic N) is 1. The van der Waals surface area contributed by atoms with Crippen molar-refractivity contribution in [2.45, 2.75) is 45.9 Å². The van der Waals surface area contributed by atoms with E-state index in [0.29, 0.717) is 38.0 Å². The average Bonchev–Trinajstić information content (AvgIpc) is 3.32. The predicted octanol–water partition coefficient (Wildman–Crippen LogP) is 2.79. The van der Waals surface area contributed by atoms with Crippen molar-refractivity contribution in [1.82, 2.24) is 10.6 Å². The summed E-state index contributed by atoms with van der Waals surface area (Å²) >= 11 is 0. The summed E-state index contributed by atoms with van der Waals surface area (Å²) in [4.78, 5) is 4.64. The third-order valence-electron chi connectivity index (χ3n) is 4.47. The zero-order chi connectivity index (χ0) is 19.9. The quantitative estimate of drug-likeness (QED) is 0.477. The standard InChI is InChI=1S/C21H29N3O4/c1-4-22-21(24-13-17(25)18-7-6-8-27-18)23-12-16-11-20-15(9-14(3)28-20)10-19(16)26-5-2/h6-8,10-11,14,17,25H,4-5,9,12-13H2,1-3H3,(H2,22,23,24). The van der Waals surface area contributed by atoms with E-state index >= 15 is 0 Å². The highest BCUT2D eigenvalue weighted by Gasteiger charge is 2.22. The number of benzene rings is 1. The molecule has 0 fully saturated rings. The molecule has 0 bridgehead atoms. The van der Waals surface area contributed by atoms with Crippen LogP contribution in [0.5, 0.6) is 11.5 Å². The van der Waals surface area contributed by atoms with Crippen molar-refractivity contribution >= 4 is 5.96 Å². The number of fused-ring (bicyclic) bond motifs is 1. The fraction of sp³-hybridized carbons (Fsp3) is 0.476. The first-order valence-electron chi connectivity index (χ1n) is 9.79. The van der Waals surface area contributed by atoms with E-state index in [-0.39, 0.29) is 6.10 Å². The van der Waals surface area contributed by atoms with E-state index < -0.39 is 6.10 Å². The van der Waals surface area contributed by atoms with Crippen LogP contribution in [0.15, 0.2) is 39.9 Å². The highest BCUT2D eigenvalue weighted by molar-refractivity contribution is 5.79. The molecule has 7 heteroatoms. The lowest BCUT2D eigenvalue weighted by molar-refractivity contribution is 0.153. The van der Waals surface area contributed by atoms with E-state index in [1.54, 1.807) is 18.4 Å². The van der Waals surface area contributed by atoms with Crippen LogP contribution in [0.3, 0.4) is 0 Å². The molecule has 2 atom stereocenters. The molecule has 1 aliphatic rings. The zero-order valence-electron chi connectivity index (χ0n) is 16.7. The molecule has 28 heavy (non-hydrogen) atoms. The number of aliphatic imine (C=N–C) groups is 1. The van der Waals surface area contributed by atoms with Gasteiger partial charge in [0.2, 0.25) is 0 Å². The van der Waals surface area contributed by atoms with Crippen molar-refractivity contribution in [3.05, 3.63) is 47.4 Å². The predicted molar refractivity (Wildman–Crippen MR) is 108 cm³/mol. The molecule has 2 unspecified atom stereocenters. The van der Waals surface area contributed by atoms with Gasteiger partial charge in [-0.3, -0.25) is 0 Å². The Morgan fingerprint density at radius 1 is 1.36 bits per heavy atom. The van der Waals surface area contributed by atoms with Crippen LogP contribution in [0.1, 0.15) is 43.8 Å². The monoisotopic (exact) mass is 387 g/mol. The van der Waals surface area contributed by atoms with Crippen LogP contribution in [0.25, 0.3) is 0 Å². The SMILES string of the molecule is CCNC(=NCc1cc2c(cc1OCC)CC(C)O2)NCC(O)c1ccco1. The summed E-state index contributed by atoms with van der Waals surface area (Å²) in [6.07, 6.45) is 1.88. The molecule has 0 amide bonds. The van der Waals surface area contributed by atoms with Crippen molar-refractivity contribution in [3.63, 3.8) is 0 Å². The number of aliphatic hydroxyl groups excluding tert-OH is 1. The third kappa shape index (κ3) is 4.98. The van der Waals surface area contributed by atoms with E-state index in [9.17, 15) is 5.11 Å². The van der Waals surface area contributed by atoms with Crippen molar-refractivity contribution in [1.29, 1.82) is 0 Å². The van der Waals surface area contributed by atoms with Crippen LogP contribution in [-0.2, 0) is 13.0 Å². The van der Waals surface area contributed by atoms with E-state index in [1.807, 2.05) is 19.9 Å². The zero-order valence-corrected chi connectivity index (χ0v) is 16.7. The molecule has 2 heterocycles. The summed E-state index contributed by atoms with van der Waals surface area (Å²) < 4.78 is 16.9. The number of rotatable bonds is 8. The van der Waals surface area contributed by atoms with Gasteiger partial charge in [0, 0.05) is 24.1 Å². The van der Waals surface area contributed by atoms with Crippen LogP contribution < -0.4 is 20.1 Å². The summed E-state index contributed by atoms with van der Waals surface area (Å²) in [5.74, 6) is 2.89. The molecule has 3 N–H and O–H groups in total. The molecule has 7 nitrogen and oxygen atoms in total. The Morgan fingerprint density at radius 3 is 2.93 bits per heavy atom. The van der Waals surface area contributed by atoms with Crippen LogP contribution in [0.4, 0.5) is 0 Å². The maximum Gasteiger partial charge on any atom is 0.191 e. The second kappa shape index (κ2) is 9.50. The number of ether oxygens (including phenoxy) is 2. The molecule has 0 spiro atoms. The lowest BCUT2D eigenvalue weighted by Gasteiger charge is -2.15. The highest BCUT2D eigenvalue weighted by atomic mass is 16.5. The van der Waals surface area contributed by atoms with E-state index in [1.165, 1.54) is 5.56 Å². The fourth-order valence-electron chi connectivity index (χ4n) is 3.18. The molecule has 1 aliphatic heterocycles. The van der Waals surface area contributed by atoms with Gasteiger partial charge in [0.15, 0.2) is 5.96 Å². The minimum Gasteiger partial charge on any atom is -0.494 e. The Morgan fingerprint density at radius 2 is 2.21 bits per heavy atom. The third-order valence-corrected chi connectivity index (χ3v) is 4.47. The van der Waals surface area contributed by atoms with Crippen molar-refractivity contribution in [2.24, 2.45) is 4.99 Å². The maximum atomic E-state index is 10.2. The molecular formula is C21H29N3O4. The van der Waals surface area contributed by atoms with Gasteiger partial charge in [-0.05, 0) is 45.0 Å². The van der Waals surface area contributed by atoms with Gasteiger partial charge >= 0.3 is 0 Å². The topological polar surface area (TPSA) is 88.3 Å². The van der Waals surface area contributed by atoms with E-state index in [4.69, 9.17) is 13.9 Å². The Balaban J connectivity index is 1.70. The van der Waals surface area contributed by atoms with Gasteiger partial charge in [-0.15, -0.1) is 0 Å².